The van der Waals surface area contributed by atoms with Gasteiger partial charge in [-0.25, -0.2) is 13.9 Å². The molecule has 1 N–H and O–H groups in total. The fraction of sp³-hybridized carbons (Fsp3) is 0.350. The van der Waals surface area contributed by atoms with E-state index in [4.69, 9.17) is 4.74 Å². The molecule has 4 aromatic rings. The van der Waals surface area contributed by atoms with Gasteiger partial charge in [-0.05, 0) is 31.7 Å². The predicted octanol–water partition coefficient (Wildman–Crippen LogP) is 2.51. The number of ether oxygens (including phenoxy) is 1. The Bertz CT molecular complexity index is 1170. The molecule has 0 bridgehead atoms. The van der Waals surface area contributed by atoms with E-state index in [1.807, 2.05) is 53.1 Å². The number of nitrogens with one attached hydrogen (secondary N) is 1. The van der Waals surface area contributed by atoms with Crippen LogP contribution < -0.4 is 10.1 Å². The lowest BCUT2D eigenvalue weighted by atomic mass is 10.0. The number of hydrogen-bond acceptors (Lipinski definition) is 6. The van der Waals surface area contributed by atoms with E-state index in [1.165, 1.54) is 0 Å². The normalized spacial score (nSPS) is 20.4. The van der Waals surface area contributed by atoms with Gasteiger partial charge >= 0.3 is 0 Å². The average Bonchev–Trinajstić information content (AvgIpc) is 3.35. The van der Waals surface area contributed by atoms with Crippen molar-refractivity contribution in [2.45, 2.75) is 18.6 Å². The molecular weight excluding hydrogens is 373 g/mol. The molecule has 1 fully saturated rings. The highest BCUT2D eigenvalue weighted by atomic mass is 19.1. The quantitative estimate of drug-likeness (QED) is 0.573. The minimum absolute atomic E-state index is 0.313. The van der Waals surface area contributed by atoms with Crippen LogP contribution >= 0.6 is 0 Å². The van der Waals surface area contributed by atoms with E-state index in [1.54, 1.807) is 17.8 Å². The van der Waals surface area contributed by atoms with E-state index in [0.29, 0.717) is 24.8 Å². The molecule has 0 amide bonds. The van der Waals surface area contributed by atoms with Crippen LogP contribution in [0.5, 0.6) is 5.88 Å². The minimum Gasteiger partial charge on any atom is -0.479 e. The van der Waals surface area contributed by atoms with Gasteiger partial charge in [0.05, 0.1) is 13.2 Å². The number of piperidine rings is 1. The summed E-state index contributed by atoms with van der Waals surface area (Å²) in [5, 5.41) is 7.70. The van der Waals surface area contributed by atoms with Gasteiger partial charge in [0.15, 0.2) is 0 Å². The van der Waals surface area contributed by atoms with Crippen molar-refractivity contribution >= 4 is 17.1 Å². The van der Waals surface area contributed by atoms with Crippen LogP contribution in [0.15, 0.2) is 43.0 Å². The molecule has 0 spiro atoms. The number of hydrogen-bond donors (Lipinski definition) is 1. The number of fused-ring (bicyclic) bond motifs is 2. The molecule has 4 aromatic heterocycles. The Hall–Kier alpha value is -3.20. The Labute approximate surface area is 166 Å². The monoisotopic (exact) mass is 395 g/mol. The lowest BCUT2D eigenvalue weighted by Crippen LogP contribution is -2.46. The first-order valence-corrected chi connectivity index (χ1v) is 9.58. The fourth-order valence-corrected chi connectivity index (χ4v) is 3.89. The number of pyridine rings is 1. The Balaban J connectivity index is 1.52. The van der Waals surface area contributed by atoms with Crippen LogP contribution in [0.3, 0.4) is 0 Å². The Morgan fingerprint density at radius 1 is 1.24 bits per heavy atom. The van der Waals surface area contributed by atoms with Crippen LogP contribution in [0.2, 0.25) is 0 Å². The van der Waals surface area contributed by atoms with E-state index in [-0.39, 0.29) is 6.04 Å². The first kappa shape index (κ1) is 17.9. The summed E-state index contributed by atoms with van der Waals surface area (Å²) in [5.41, 5.74) is 3.59. The first-order valence-electron chi connectivity index (χ1n) is 9.58. The molecule has 1 aliphatic rings. The number of imidazole rings is 1. The summed E-state index contributed by atoms with van der Waals surface area (Å²) in [6, 6.07) is 5.63. The second kappa shape index (κ2) is 7.00. The zero-order valence-electron chi connectivity index (χ0n) is 16.3. The lowest BCUT2D eigenvalue weighted by molar-refractivity contribution is 0.149. The van der Waals surface area contributed by atoms with Crippen molar-refractivity contribution in [1.29, 1.82) is 0 Å². The molecule has 5 heterocycles. The Morgan fingerprint density at radius 3 is 2.97 bits per heavy atom. The summed E-state index contributed by atoms with van der Waals surface area (Å²) < 4.78 is 23.7. The molecule has 8 nitrogen and oxygen atoms in total. The van der Waals surface area contributed by atoms with E-state index >= 15 is 0 Å². The Morgan fingerprint density at radius 2 is 2.14 bits per heavy atom. The predicted molar refractivity (Wildman–Crippen MR) is 108 cm³/mol. The van der Waals surface area contributed by atoms with Gasteiger partial charge in [-0.3, -0.25) is 0 Å². The molecule has 0 saturated carbocycles. The standard InChI is InChI=1S/C20H22FN7O/c1-26-8-6-16(15(21)12-26)23-20-24-19(29-2)18-14(5-9-28(18)25-20)13-3-4-17-22-7-10-27(17)11-13/h3-5,7,9-11,15-16H,6,8,12H2,1-2H3,(H,23,25)/t15-,16-/m0/s1. The molecule has 1 aliphatic heterocycles. The third-order valence-corrected chi connectivity index (χ3v) is 5.43. The van der Waals surface area contributed by atoms with Crippen molar-refractivity contribution in [2.24, 2.45) is 0 Å². The fourth-order valence-electron chi connectivity index (χ4n) is 3.89. The maximum Gasteiger partial charge on any atom is 0.244 e. The molecule has 0 radical (unpaired) electrons. The van der Waals surface area contributed by atoms with Crippen molar-refractivity contribution in [1.82, 2.24) is 28.9 Å². The molecule has 2 atom stereocenters. The number of halogens is 1. The van der Waals surface area contributed by atoms with Crippen molar-refractivity contribution in [3.63, 3.8) is 0 Å². The molecule has 0 unspecified atom stereocenters. The first-order chi connectivity index (χ1) is 14.1. The second-order valence-electron chi connectivity index (χ2n) is 7.40. The second-order valence-corrected chi connectivity index (χ2v) is 7.40. The number of rotatable bonds is 4. The van der Waals surface area contributed by atoms with Crippen LogP contribution in [0.1, 0.15) is 6.42 Å². The summed E-state index contributed by atoms with van der Waals surface area (Å²) in [4.78, 5) is 10.8. The highest BCUT2D eigenvalue weighted by Gasteiger charge is 2.28. The lowest BCUT2D eigenvalue weighted by Gasteiger charge is -2.32. The number of alkyl halides is 1. The Kier molecular flexibility index (Phi) is 4.31. The molecule has 1 saturated heterocycles. The van der Waals surface area contributed by atoms with Crippen LogP contribution in [-0.4, -0.2) is 68.3 Å². The van der Waals surface area contributed by atoms with Gasteiger partial charge in [0.25, 0.3) is 0 Å². The molecule has 5 rings (SSSR count). The van der Waals surface area contributed by atoms with Gasteiger partial charge in [-0.1, -0.05) is 0 Å². The van der Waals surface area contributed by atoms with Gasteiger partial charge in [0.1, 0.15) is 17.3 Å². The van der Waals surface area contributed by atoms with Crippen LogP contribution in [0, 0.1) is 0 Å². The summed E-state index contributed by atoms with van der Waals surface area (Å²) >= 11 is 0. The molecule has 9 heteroatoms. The highest BCUT2D eigenvalue weighted by Crippen LogP contribution is 2.31. The summed E-state index contributed by atoms with van der Waals surface area (Å²) in [7, 11) is 3.51. The minimum atomic E-state index is -0.971. The largest absolute Gasteiger partial charge is 0.479 e. The smallest absolute Gasteiger partial charge is 0.244 e. The molecule has 29 heavy (non-hydrogen) atoms. The van der Waals surface area contributed by atoms with E-state index in [0.717, 1.165) is 28.8 Å². The number of aromatic nitrogens is 5. The third kappa shape index (κ3) is 3.17. The topological polar surface area (TPSA) is 72.0 Å². The summed E-state index contributed by atoms with van der Waals surface area (Å²) in [5.74, 6) is 0.801. The van der Waals surface area contributed by atoms with E-state index < -0.39 is 6.17 Å². The van der Waals surface area contributed by atoms with Crippen molar-refractivity contribution in [3.8, 4) is 17.0 Å². The maximum atomic E-state index is 14.4. The number of nitrogens with zero attached hydrogens (tertiary/aromatic N) is 6. The number of likely N-dealkylation sites (tertiary alicyclic amines) is 1. The van der Waals surface area contributed by atoms with E-state index in [2.05, 4.69) is 20.4 Å². The van der Waals surface area contributed by atoms with Crippen LogP contribution in [-0.2, 0) is 0 Å². The number of methoxy groups -OCH3 is 1. The zero-order chi connectivity index (χ0) is 20.0. The third-order valence-electron chi connectivity index (χ3n) is 5.43. The van der Waals surface area contributed by atoms with Gasteiger partial charge in [-0.2, -0.15) is 4.98 Å². The highest BCUT2D eigenvalue weighted by molar-refractivity contribution is 5.84. The number of anilines is 1. The van der Waals surface area contributed by atoms with Gasteiger partial charge in [0.2, 0.25) is 11.8 Å². The SMILES string of the molecule is COc1nc(N[C@H]2CCN(C)C[C@@H]2F)nn2ccc(-c3ccc4nccn4c3)c12. The van der Waals surface area contributed by atoms with Crippen molar-refractivity contribution in [2.75, 3.05) is 32.6 Å². The average molecular weight is 395 g/mol. The van der Waals surface area contributed by atoms with Crippen LogP contribution in [0.4, 0.5) is 10.3 Å². The van der Waals surface area contributed by atoms with Gasteiger partial charge < -0.3 is 19.4 Å². The molecule has 0 aliphatic carbocycles. The summed E-state index contributed by atoms with van der Waals surface area (Å²) in [6.07, 6.45) is 7.27. The van der Waals surface area contributed by atoms with Crippen LogP contribution in [0.25, 0.3) is 22.3 Å². The molecule has 0 aromatic carbocycles. The van der Waals surface area contributed by atoms with Crippen molar-refractivity contribution < 1.29 is 9.13 Å². The maximum absolute atomic E-state index is 14.4. The van der Waals surface area contributed by atoms with E-state index in [9.17, 15) is 4.39 Å². The molecule has 150 valence electrons. The zero-order valence-corrected chi connectivity index (χ0v) is 16.3. The van der Waals surface area contributed by atoms with Gasteiger partial charge in [0, 0.05) is 49.0 Å². The summed E-state index contributed by atoms with van der Waals surface area (Å²) in [6.45, 7) is 1.24. The van der Waals surface area contributed by atoms with Gasteiger partial charge in [-0.15, -0.1) is 5.10 Å². The molecular formula is C20H22FN7O. The van der Waals surface area contributed by atoms with Crippen molar-refractivity contribution in [3.05, 3.63) is 43.0 Å².